The molecule has 5 heteroatoms. The van der Waals surface area contributed by atoms with Gasteiger partial charge in [0.1, 0.15) is 0 Å². The van der Waals surface area contributed by atoms with Crippen LogP contribution in [0, 0.1) is 0 Å². The largest absolute Gasteiger partial charge is 0.391 e. The number of amides is 1. The number of likely N-dealkylation sites (tertiary alicyclic amines) is 1. The van der Waals surface area contributed by atoms with Crippen molar-refractivity contribution < 1.29 is 18.7 Å². The number of aliphatic hydroxyl groups is 1. The highest BCUT2D eigenvalue weighted by Gasteiger charge is 2.29. The van der Waals surface area contributed by atoms with Crippen LogP contribution in [0.15, 0.2) is 0 Å². The summed E-state index contributed by atoms with van der Waals surface area (Å²) in [6, 6.07) is 0. The van der Waals surface area contributed by atoms with Gasteiger partial charge in [-0.25, -0.2) is 8.78 Å². The molecule has 0 radical (unpaired) electrons. The van der Waals surface area contributed by atoms with E-state index in [1.54, 1.807) is 0 Å². The van der Waals surface area contributed by atoms with Crippen molar-refractivity contribution in [1.29, 1.82) is 0 Å². The molecule has 64 valence electrons. The molecule has 0 aromatic rings. The molecular formula is C6H9F2NO2. The van der Waals surface area contributed by atoms with Gasteiger partial charge in [0.05, 0.1) is 19.1 Å². The van der Waals surface area contributed by atoms with E-state index in [-0.39, 0.29) is 13.0 Å². The summed E-state index contributed by atoms with van der Waals surface area (Å²) in [5.41, 5.74) is 0. The van der Waals surface area contributed by atoms with Crippen LogP contribution in [0.4, 0.5) is 8.78 Å². The summed E-state index contributed by atoms with van der Waals surface area (Å²) >= 11 is 0. The average Bonchev–Trinajstić information content (AvgIpc) is 2.09. The van der Waals surface area contributed by atoms with E-state index in [0.717, 1.165) is 4.90 Å². The number of carbonyl (C=O) groups excluding carboxylic acids is 1. The maximum absolute atomic E-state index is 11.7. The van der Waals surface area contributed by atoms with E-state index in [0.29, 0.717) is 0 Å². The van der Waals surface area contributed by atoms with Crippen molar-refractivity contribution in [2.24, 2.45) is 0 Å². The van der Waals surface area contributed by atoms with Crippen LogP contribution in [0.2, 0.25) is 0 Å². The van der Waals surface area contributed by atoms with Crippen LogP contribution < -0.4 is 0 Å². The van der Waals surface area contributed by atoms with Gasteiger partial charge in [0.25, 0.3) is 6.43 Å². The molecule has 1 heterocycles. The summed E-state index contributed by atoms with van der Waals surface area (Å²) in [4.78, 5) is 11.7. The van der Waals surface area contributed by atoms with E-state index in [4.69, 9.17) is 5.11 Å². The van der Waals surface area contributed by atoms with Crippen LogP contribution in [-0.2, 0) is 4.79 Å². The van der Waals surface area contributed by atoms with Crippen molar-refractivity contribution in [3.05, 3.63) is 0 Å². The summed E-state index contributed by atoms with van der Waals surface area (Å²) in [5, 5.41) is 8.88. The average molecular weight is 165 g/mol. The fourth-order valence-corrected chi connectivity index (χ4v) is 1.09. The number of nitrogens with zero attached hydrogens (tertiary/aromatic N) is 1. The molecule has 1 unspecified atom stereocenters. The molecule has 1 aliphatic rings. The summed E-state index contributed by atoms with van der Waals surface area (Å²) in [6.45, 7) is -0.515. The molecule has 1 rings (SSSR count). The third-order valence-electron chi connectivity index (χ3n) is 1.55. The number of hydrogen-bond acceptors (Lipinski definition) is 2. The molecule has 0 aromatic carbocycles. The van der Waals surface area contributed by atoms with Crippen molar-refractivity contribution in [2.75, 3.05) is 13.1 Å². The van der Waals surface area contributed by atoms with E-state index in [1.165, 1.54) is 0 Å². The Balaban J connectivity index is 2.41. The van der Waals surface area contributed by atoms with Crippen molar-refractivity contribution in [3.8, 4) is 0 Å². The Kier molecular flexibility index (Phi) is 2.38. The fourth-order valence-electron chi connectivity index (χ4n) is 1.09. The zero-order valence-electron chi connectivity index (χ0n) is 5.83. The number of β-amino-alcohol motifs (C(OH)–C–C–N with tert-alkyl or cyclic N) is 1. The molecular weight excluding hydrogens is 156 g/mol. The predicted molar refractivity (Wildman–Crippen MR) is 33.2 cm³/mol. The number of rotatable bonds is 2. The van der Waals surface area contributed by atoms with Gasteiger partial charge in [-0.3, -0.25) is 4.79 Å². The SMILES string of the molecule is O=C1CC(O)CN1CC(F)F. The molecule has 0 aromatic heterocycles. The first-order chi connectivity index (χ1) is 5.09. The zero-order chi connectivity index (χ0) is 8.43. The van der Waals surface area contributed by atoms with Crippen molar-refractivity contribution in [2.45, 2.75) is 19.0 Å². The molecule has 0 bridgehead atoms. The van der Waals surface area contributed by atoms with E-state index in [1.807, 2.05) is 0 Å². The van der Waals surface area contributed by atoms with Crippen LogP contribution in [0.1, 0.15) is 6.42 Å². The number of halogens is 2. The highest BCUT2D eigenvalue weighted by Crippen LogP contribution is 2.11. The molecule has 0 saturated carbocycles. The Morgan fingerprint density at radius 2 is 2.36 bits per heavy atom. The number of carbonyl (C=O) groups is 1. The quantitative estimate of drug-likeness (QED) is 0.617. The van der Waals surface area contributed by atoms with Crippen molar-refractivity contribution in [1.82, 2.24) is 4.90 Å². The Morgan fingerprint density at radius 3 is 2.73 bits per heavy atom. The van der Waals surface area contributed by atoms with E-state index in [2.05, 4.69) is 0 Å². The van der Waals surface area contributed by atoms with Gasteiger partial charge in [-0.1, -0.05) is 0 Å². The second-order valence-corrected chi connectivity index (χ2v) is 2.55. The molecule has 1 N–H and O–H groups in total. The van der Waals surface area contributed by atoms with E-state index < -0.39 is 25.0 Å². The zero-order valence-corrected chi connectivity index (χ0v) is 5.83. The monoisotopic (exact) mass is 165 g/mol. The third kappa shape index (κ3) is 2.11. The Bertz CT molecular complexity index is 163. The number of alkyl halides is 2. The van der Waals surface area contributed by atoms with Gasteiger partial charge in [0, 0.05) is 6.54 Å². The Hall–Kier alpha value is -0.710. The minimum absolute atomic E-state index is 0.0211. The molecule has 0 aliphatic carbocycles. The smallest absolute Gasteiger partial charge is 0.255 e. The lowest BCUT2D eigenvalue weighted by molar-refractivity contribution is -0.129. The lowest BCUT2D eigenvalue weighted by Crippen LogP contribution is -2.30. The summed E-state index contributed by atoms with van der Waals surface area (Å²) in [6.07, 6.45) is -3.29. The maximum atomic E-state index is 11.7. The van der Waals surface area contributed by atoms with Gasteiger partial charge in [-0.05, 0) is 0 Å². The first-order valence-electron chi connectivity index (χ1n) is 3.33. The first-order valence-corrected chi connectivity index (χ1v) is 3.33. The molecule has 0 spiro atoms. The second kappa shape index (κ2) is 3.13. The van der Waals surface area contributed by atoms with Gasteiger partial charge in [0.2, 0.25) is 5.91 Å². The molecule has 3 nitrogen and oxygen atoms in total. The van der Waals surface area contributed by atoms with Crippen LogP contribution in [-0.4, -0.2) is 41.5 Å². The normalized spacial score (nSPS) is 25.3. The van der Waals surface area contributed by atoms with Gasteiger partial charge in [-0.15, -0.1) is 0 Å². The van der Waals surface area contributed by atoms with Crippen LogP contribution >= 0.6 is 0 Å². The van der Waals surface area contributed by atoms with E-state index in [9.17, 15) is 13.6 Å². The van der Waals surface area contributed by atoms with Gasteiger partial charge < -0.3 is 10.0 Å². The Labute approximate surface area is 62.6 Å². The van der Waals surface area contributed by atoms with Crippen molar-refractivity contribution >= 4 is 5.91 Å². The van der Waals surface area contributed by atoms with Crippen molar-refractivity contribution in [3.63, 3.8) is 0 Å². The molecule has 1 atom stereocenters. The highest BCUT2D eigenvalue weighted by atomic mass is 19.3. The molecule has 1 aliphatic heterocycles. The lowest BCUT2D eigenvalue weighted by atomic mass is 10.3. The highest BCUT2D eigenvalue weighted by molar-refractivity contribution is 5.78. The molecule has 11 heavy (non-hydrogen) atoms. The number of hydrogen-bond donors (Lipinski definition) is 1. The Morgan fingerprint density at radius 1 is 1.73 bits per heavy atom. The van der Waals surface area contributed by atoms with Crippen LogP contribution in [0.3, 0.4) is 0 Å². The third-order valence-corrected chi connectivity index (χ3v) is 1.55. The number of aliphatic hydroxyl groups excluding tert-OH is 1. The van der Waals surface area contributed by atoms with Gasteiger partial charge in [0.15, 0.2) is 0 Å². The molecule has 1 amide bonds. The van der Waals surface area contributed by atoms with Gasteiger partial charge in [-0.2, -0.15) is 0 Å². The second-order valence-electron chi connectivity index (χ2n) is 2.55. The predicted octanol–water partition coefficient (Wildman–Crippen LogP) is -0.155. The summed E-state index contributed by atoms with van der Waals surface area (Å²) in [5.74, 6) is -0.391. The summed E-state index contributed by atoms with van der Waals surface area (Å²) in [7, 11) is 0. The first kappa shape index (κ1) is 8.39. The topological polar surface area (TPSA) is 40.5 Å². The summed E-state index contributed by atoms with van der Waals surface area (Å²) < 4.78 is 23.4. The molecule has 1 fully saturated rings. The van der Waals surface area contributed by atoms with E-state index >= 15 is 0 Å². The lowest BCUT2D eigenvalue weighted by Gasteiger charge is -2.13. The van der Waals surface area contributed by atoms with Gasteiger partial charge >= 0.3 is 0 Å². The maximum Gasteiger partial charge on any atom is 0.255 e. The minimum Gasteiger partial charge on any atom is -0.391 e. The minimum atomic E-state index is -2.51. The van der Waals surface area contributed by atoms with Crippen LogP contribution in [0.5, 0.6) is 0 Å². The molecule has 1 saturated heterocycles. The standard InChI is InChI=1S/C6H9F2NO2/c7-5(8)3-9-2-4(10)1-6(9)11/h4-5,10H,1-3H2. The fraction of sp³-hybridized carbons (Fsp3) is 0.833. The van der Waals surface area contributed by atoms with Crippen LogP contribution in [0.25, 0.3) is 0 Å².